The van der Waals surface area contributed by atoms with Crippen molar-refractivity contribution in [1.82, 2.24) is 20.3 Å². The van der Waals surface area contributed by atoms with Crippen LogP contribution in [0.1, 0.15) is 29.5 Å². The van der Waals surface area contributed by atoms with Crippen molar-refractivity contribution in [2.45, 2.75) is 25.7 Å². The second-order valence-electron chi connectivity index (χ2n) is 5.27. The van der Waals surface area contributed by atoms with Gasteiger partial charge in [-0.15, -0.1) is 17.5 Å². The summed E-state index contributed by atoms with van der Waals surface area (Å²) in [5.74, 6) is -3.87. The number of nitrogens with one attached hydrogen (secondary N) is 1. The molecule has 0 saturated carbocycles. The largest absolute Gasteiger partial charge is 0.344 e. The first-order valence-corrected chi connectivity index (χ1v) is 7.82. The molecule has 0 aliphatic rings. The minimum Gasteiger partial charge on any atom is -0.344 e. The average Bonchev–Trinajstić information content (AvgIpc) is 2.97. The van der Waals surface area contributed by atoms with E-state index in [1.54, 1.807) is 24.3 Å². The van der Waals surface area contributed by atoms with Crippen LogP contribution in [0.3, 0.4) is 0 Å². The molecule has 1 aromatic carbocycles. The van der Waals surface area contributed by atoms with E-state index in [1.807, 2.05) is 6.92 Å². The van der Waals surface area contributed by atoms with Crippen LogP contribution in [0.15, 0.2) is 24.3 Å². The lowest BCUT2D eigenvalue weighted by Gasteiger charge is -2.14. The van der Waals surface area contributed by atoms with E-state index in [9.17, 15) is 13.6 Å². The molecule has 0 aliphatic carbocycles. The Hall–Kier alpha value is -1.77. The van der Waals surface area contributed by atoms with Crippen LogP contribution in [0.25, 0.3) is 5.69 Å². The second kappa shape index (κ2) is 9.07. The molecule has 0 spiro atoms. The summed E-state index contributed by atoms with van der Waals surface area (Å²) in [5, 5.41) is 10.5. The van der Waals surface area contributed by atoms with Gasteiger partial charge in [-0.2, -0.15) is 0 Å². The Morgan fingerprint density at radius 1 is 1.44 bits per heavy atom. The van der Waals surface area contributed by atoms with E-state index in [1.165, 1.54) is 4.68 Å². The molecule has 1 aromatic heterocycles. The fraction of sp³-hybridized carbons (Fsp3) is 0.400. The van der Waals surface area contributed by atoms with Crippen molar-refractivity contribution in [3.05, 3.63) is 40.7 Å². The van der Waals surface area contributed by atoms with Gasteiger partial charge in [0.2, 0.25) is 0 Å². The fourth-order valence-electron chi connectivity index (χ4n) is 2.12. The molecule has 2 aromatic rings. The first kappa shape index (κ1) is 21.3. The number of hydrogen-bond acceptors (Lipinski definition) is 4. The molecule has 1 heterocycles. The van der Waals surface area contributed by atoms with E-state index < -0.39 is 24.9 Å². The average molecular weight is 394 g/mol. The maximum atomic E-state index is 13.2. The van der Waals surface area contributed by atoms with Gasteiger partial charge in [0, 0.05) is 5.02 Å². The number of rotatable bonds is 7. The molecule has 0 bridgehead atoms. The zero-order valence-electron chi connectivity index (χ0n) is 13.5. The van der Waals surface area contributed by atoms with Crippen molar-refractivity contribution in [2.75, 3.05) is 13.1 Å². The van der Waals surface area contributed by atoms with Gasteiger partial charge < -0.3 is 11.1 Å². The molecular formula is C15H19Cl2F2N5O. The van der Waals surface area contributed by atoms with Crippen LogP contribution in [0.2, 0.25) is 5.02 Å². The van der Waals surface area contributed by atoms with Crippen LogP contribution >= 0.6 is 24.0 Å². The zero-order valence-corrected chi connectivity index (χ0v) is 15.1. The molecule has 0 aliphatic heterocycles. The van der Waals surface area contributed by atoms with Gasteiger partial charge in [-0.25, -0.2) is 13.5 Å². The van der Waals surface area contributed by atoms with Gasteiger partial charge in [-0.05, 0) is 24.6 Å². The van der Waals surface area contributed by atoms with Crippen molar-refractivity contribution in [3.63, 3.8) is 0 Å². The maximum Gasteiger partial charge on any atom is 0.277 e. The fourth-order valence-corrected chi connectivity index (χ4v) is 2.30. The Balaban J connectivity index is 0.00000312. The summed E-state index contributed by atoms with van der Waals surface area (Å²) in [6, 6.07) is 6.91. The van der Waals surface area contributed by atoms with Crippen LogP contribution in [0.5, 0.6) is 0 Å². The number of carbonyl (C=O) groups excluding carboxylic acids is 1. The Kier molecular flexibility index (Phi) is 7.72. The van der Waals surface area contributed by atoms with Gasteiger partial charge in [-0.1, -0.05) is 36.2 Å². The third-order valence-corrected chi connectivity index (χ3v) is 3.56. The van der Waals surface area contributed by atoms with Crippen molar-refractivity contribution in [1.29, 1.82) is 0 Å². The van der Waals surface area contributed by atoms with E-state index in [0.29, 0.717) is 22.8 Å². The number of benzene rings is 1. The molecule has 138 valence electrons. The SMILES string of the molecule is CCCc1c(C(=O)NCC(F)(F)CN)nnn1-c1cccc(Cl)c1.Cl. The third-order valence-electron chi connectivity index (χ3n) is 3.32. The van der Waals surface area contributed by atoms with Crippen LogP contribution in [-0.4, -0.2) is 39.9 Å². The zero-order chi connectivity index (χ0) is 17.7. The van der Waals surface area contributed by atoms with Gasteiger partial charge in [0.05, 0.1) is 24.5 Å². The summed E-state index contributed by atoms with van der Waals surface area (Å²) >= 11 is 5.97. The van der Waals surface area contributed by atoms with Gasteiger partial charge in [0.25, 0.3) is 11.8 Å². The number of alkyl halides is 2. The van der Waals surface area contributed by atoms with E-state index in [0.717, 1.165) is 6.42 Å². The smallest absolute Gasteiger partial charge is 0.277 e. The lowest BCUT2D eigenvalue weighted by atomic mass is 10.2. The molecule has 0 unspecified atom stereocenters. The topological polar surface area (TPSA) is 85.8 Å². The normalized spacial score (nSPS) is 11.1. The molecule has 0 saturated heterocycles. The van der Waals surface area contributed by atoms with Crippen LogP contribution in [0.4, 0.5) is 8.78 Å². The summed E-state index contributed by atoms with van der Waals surface area (Å²) < 4.78 is 27.9. The molecule has 0 atom stereocenters. The lowest BCUT2D eigenvalue weighted by Crippen LogP contribution is -2.41. The highest BCUT2D eigenvalue weighted by molar-refractivity contribution is 6.30. The molecule has 1 amide bonds. The number of aromatic nitrogens is 3. The predicted octanol–water partition coefficient (Wildman–Crippen LogP) is 2.62. The second-order valence-corrected chi connectivity index (χ2v) is 5.71. The maximum absolute atomic E-state index is 13.2. The van der Waals surface area contributed by atoms with Crippen molar-refractivity contribution in [3.8, 4) is 5.69 Å². The molecule has 0 radical (unpaired) electrons. The first-order valence-electron chi connectivity index (χ1n) is 7.44. The number of carbonyl (C=O) groups is 1. The van der Waals surface area contributed by atoms with E-state index in [4.69, 9.17) is 17.3 Å². The molecule has 0 fully saturated rings. The van der Waals surface area contributed by atoms with Crippen molar-refractivity contribution in [2.24, 2.45) is 5.73 Å². The highest BCUT2D eigenvalue weighted by atomic mass is 35.5. The molecular weight excluding hydrogens is 375 g/mol. The highest BCUT2D eigenvalue weighted by Crippen LogP contribution is 2.19. The Bertz CT molecular complexity index is 724. The van der Waals surface area contributed by atoms with Crippen LogP contribution in [-0.2, 0) is 6.42 Å². The molecule has 6 nitrogen and oxygen atoms in total. The monoisotopic (exact) mass is 393 g/mol. The van der Waals surface area contributed by atoms with Crippen LogP contribution < -0.4 is 11.1 Å². The quantitative estimate of drug-likeness (QED) is 0.756. The molecule has 25 heavy (non-hydrogen) atoms. The summed E-state index contributed by atoms with van der Waals surface area (Å²) in [6.45, 7) is 0.238. The standard InChI is InChI=1S/C15H18ClF2N5O.ClH/c1-2-4-12-13(14(24)20-9-15(17,18)8-19)21-22-23(12)11-6-3-5-10(16)7-11;/h3,5-7H,2,4,8-9,19H2,1H3,(H,20,24);1H. The van der Waals surface area contributed by atoms with Gasteiger partial charge in [0.15, 0.2) is 5.69 Å². The minimum atomic E-state index is -3.16. The van der Waals surface area contributed by atoms with Crippen molar-refractivity contribution >= 4 is 29.9 Å². The summed E-state index contributed by atoms with van der Waals surface area (Å²) in [7, 11) is 0. The Labute approximate surface area is 155 Å². The van der Waals surface area contributed by atoms with E-state index in [-0.39, 0.29) is 18.1 Å². The number of halogens is 4. The molecule has 2 rings (SSSR count). The summed E-state index contributed by atoms with van der Waals surface area (Å²) in [4.78, 5) is 12.2. The van der Waals surface area contributed by atoms with E-state index in [2.05, 4.69) is 15.6 Å². The van der Waals surface area contributed by atoms with Gasteiger partial charge >= 0.3 is 0 Å². The summed E-state index contributed by atoms with van der Waals surface area (Å²) in [6.07, 6.45) is 1.24. The number of hydrogen-bond donors (Lipinski definition) is 2. The Morgan fingerprint density at radius 2 is 2.16 bits per heavy atom. The third kappa shape index (κ3) is 5.35. The van der Waals surface area contributed by atoms with E-state index >= 15 is 0 Å². The molecule has 10 heteroatoms. The van der Waals surface area contributed by atoms with Gasteiger partial charge in [0.1, 0.15) is 0 Å². The first-order chi connectivity index (χ1) is 11.4. The molecule has 3 N–H and O–H groups in total. The number of amides is 1. The highest BCUT2D eigenvalue weighted by Gasteiger charge is 2.29. The number of nitrogens with two attached hydrogens (primary N) is 1. The lowest BCUT2D eigenvalue weighted by molar-refractivity contribution is 0.0118. The Morgan fingerprint density at radius 3 is 2.76 bits per heavy atom. The van der Waals surface area contributed by atoms with Gasteiger partial charge in [-0.3, -0.25) is 4.79 Å². The van der Waals surface area contributed by atoms with Crippen LogP contribution in [0, 0.1) is 0 Å². The predicted molar refractivity (Wildman–Crippen MR) is 93.9 cm³/mol. The van der Waals surface area contributed by atoms with Crippen molar-refractivity contribution < 1.29 is 13.6 Å². The summed E-state index contributed by atoms with van der Waals surface area (Å²) in [5.41, 5.74) is 6.15. The minimum absolute atomic E-state index is 0. The number of nitrogens with zero attached hydrogens (tertiary/aromatic N) is 3.